The first-order chi connectivity index (χ1) is 17.3. The van der Waals surface area contributed by atoms with Crippen LogP contribution in [-0.4, -0.2) is 49.1 Å². The minimum atomic E-state index is -4.38. The smallest absolute Gasteiger partial charge is 0.369 e. The Kier molecular flexibility index (Phi) is 6.81. The van der Waals surface area contributed by atoms with Crippen LogP contribution in [0.15, 0.2) is 76.5 Å². The van der Waals surface area contributed by atoms with Crippen LogP contribution in [0.2, 0.25) is 0 Å². The van der Waals surface area contributed by atoms with E-state index in [0.29, 0.717) is 12.2 Å². The van der Waals surface area contributed by atoms with Gasteiger partial charge in [-0.2, -0.15) is 13.2 Å². The second kappa shape index (κ2) is 10.0. The van der Waals surface area contributed by atoms with Gasteiger partial charge in [0.2, 0.25) is 0 Å². The molecule has 0 aromatic heterocycles. The molecule has 2 aliphatic rings. The summed E-state index contributed by atoms with van der Waals surface area (Å²) >= 11 is 1.51. The summed E-state index contributed by atoms with van der Waals surface area (Å²) in [5.74, 6) is 0. The Morgan fingerprint density at radius 1 is 0.861 bits per heavy atom. The van der Waals surface area contributed by atoms with E-state index in [1.807, 2.05) is 29.2 Å². The third kappa shape index (κ3) is 5.15. The Morgan fingerprint density at radius 3 is 2.25 bits per heavy atom. The van der Waals surface area contributed by atoms with E-state index in [1.54, 1.807) is 18.2 Å². The van der Waals surface area contributed by atoms with Crippen LogP contribution in [-0.2, 0) is 6.18 Å². The van der Waals surface area contributed by atoms with Crippen molar-refractivity contribution in [2.24, 2.45) is 0 Å². The molecule has 0 N–H and O–H groups in total. The number of nitrogens with zero attached hydrogens (tertiary/aromatic N) is 4. The van der Waals surface area contributed by atoms with Crippen LogP contribution in [0.3, 0.4) is 0 Å². The Morgan fingerprint density at radius 2 is 1.56 bits per heavy atom. The second-order valence-electron chi connectivity index (χ2n) is 8.86. The molecular weight excluding hydrogens is 489 g/mol. The third-order valence-corrected chi connectivity index (χ3v) is 7.74. The maximum Gasteiger partial charge on any atom is 0.416 e. The number of non-ortho nitro benzene ring substituents is 1. The van der Waals surface area contributed by atoms with Gasteiger partial charge < -0.3 is 9.80 Å². The first-order valence-corrected chi connectivity index (χ1v) is 12.6. The van der Waals surface area contributed by atoms with Gasteiger partial charge in [0.1, 0.15) is 0 Å². The maximum absolute atomic E-state index is 13.4. The second-order valence-corrected chi connectivity index (χ2v) is 9.94. The number of hydrogen-bond donors (Lipinski definition) is 0. The number of alkyl halides is 3. The number of halogens is 3. The van der Waals surface area contributed by atoms with Crippen molar-refractivity contribution in [1.29, 1.82) is 0 Å². The normalized spacial score (nSPS) is 16.0. The Balaban J connectivity index is 1.22. The third-order valence-electron chi connectivity index (χ3n) is 6.61. The lowest BCUT2D eigenvalue weighted by Gasteiger charge is -2.37. The summed E-state index contributed by atoms with van der Waals surface area (Å²) in [4.78, 5) is 18.9. The van der Waals surface area contributed by atoms with E-state index in [4.69, 9.17) is 0 Å². The first-order valence-electron chi connectivity index (χ1n) is 11.8. The summed E-state index contributed by atoms with van der Waals surface area (Å²) in [5, 5.41) is 10.9. The van der Waals surface area contributed by atoms with E-state index in [0.717, 1.165) is 66.4 Å². The highest BCUT2D eigenvalue weighted by Crippen LogP contribution is 2.49. The zero-order valence-corrected chi connectivity index (χ0v) is 20.3. The van der Waals surface area contributed by atoms with Gasteiger partial charge in [0.15, 0.2) is 0 Å². The van der Waals surface area contributed by atoms with Gasteiger partial charge in [0.25, 0.3) is 5.69 Å². The molecule has 0 saturated carbocycles. The summed E-state index contributed by atoms with van der Waals surface area (Å²) in [6.07, 6.45) is -3.57. The van der Waals surface area contributed by atoms with Crippen molar-refractivity contribution in [1.82, 2.24) is 4.90 Å². The molecular formula is C26H25F3N4O2S. The summed E-state index contributed by atoms with van der Waals surface area (Å²) in [6, 6.07) is 18.5. The van der Waals surface area contributed by atoms with Crippen molar-refractivity contribution in [3.05, 3.63) is 82.4 Å². The number of hydrogen-bond acceptors (Lipinski definition) is 6. The van der Waals surface area contributed by atoms with Gasteiger partial charge in [-0.25, -0.2) is 0 Å². The Labute approximate surface area is 211 Å². The molecule has 0 amide bonds. The predicted molar refractivity (Wildman–Crippen MR) is 135 cm³/mol. The fourth-order valence-corrected chi connectivity index (χ4v) is 5.79. The van der Waals surface area contributed by atoms with Crippen molar-refractivity contribution in [3.63, 3.8) is 0 Å². The lowest BCUT2D eigenvalue weighted by molar-refractivity contribution is -0.384. The van der Waals surface area contributed by atoms with Gasteiger partial charge in [-0.3, -0.25) is 15.0 Å². The van der Waals surface area contributed by atoms with Crippen LogP contribution in [0.5, 0.6) is 0 Å². The van der Waals surface area contributed by atoms with Crippen LogP contribution >= 0.6 is 11.8 Å². The molecule has 10 heteroatoms. The van der Waals surface area contributed by atoms with Crippen LogP contribution in [0.1, 0.15) is 12.0 Å². The number of fused-ring (bicyclic) bond motifs is 2. The molecule has 6 nitrogen and oxygen atoms in total. The molecule has 0 aliphatic carbocycles. The number of nitro benzene ring substituents is 1. The predicted octanol–water partition coefficient (Wildman–Crippen LogP) is 6.43. The largest absolute Gasteiger partial charge is 0.416 e. The highest BCUT2D eigenvalue weighted by atomic mass is 32.2. The van der Waals surface area contributed by atoms with Gasteiger partial charge in [0.05, 0.1) is 21.9 Å². The molecule has 2 aliphatic heterocycles. The SMILES string of the molecule is O=[N+]([O-])c1ccc(N2CCN(CCCN3c4ccccc4Sc4ccc(C(F)(F)F)cc43)CC2)cc1. The topological polar surface area (TPSA) is 52.9 Å². The van der Waals surface area contributed by atoms with Crippen LogP contribution in [0.25, 0.3) is 0 Å². The highest BCUT2D eigenvalue weighted by molar-refractivity contribution is 7.99. The minimum Gasteiger partial charge on any atom is -0.369 e. The fourth-order valence-electron chi connectivity index (χ4n) is 4.71. The molecule has 188 valence electrons. The molecule has 0 unspecified atom stereocenters. The molecule has 1 fully saturated rings. The number of benzene rings is 3. The molecule has 2 heterocycles. The summed E-state index contributed by atoms with van der Waals surface area (Å²) < 4.78 is 40.3. The average molecular weight is 515 g/mol. The molecule has 3 aromatic carbocycles. The number of piperazine rings is 1. The highest BCUT2D eigenvalue weighted by Gasteiger charge is 2.33. The Hall–Kier alpha value is -3.24. The average Bonchev–Trinajstić information content (AvgIpc) is 2.88. The molecule has 1 saturated heterocycles. The lowest BCUT2D eigenvalue weighted by atomic mass is 10.1. The van der Waals surface area contributed by atoms with Gasteiger partial charge >= 0.3 is 6.18 Å². The van der Waals surface area contributed by atoms with Crippen molar-refractivity contribution >= 4 is 34.5 Å². The number of nitro groups is 1. The summed E-state index contributed by atoms with van der Waals surface area (Å²) in [5.41, 5.74) is 1.97. The summed E-state index contributed by atoms with van der Waals surface area (Å²) in [6.45, 7) is 4.82. The molecule has 5 rings (SSSR count). The molecule has 36 heavy (non-hydrogen) atoms. The minimum absolute atomic E-state index is 0.0824. The van der Waals surface area contributed by atoms with Crippen molar-refractivity contribution in [2.75, 3.05) is 49.1 Å². The quantitative estimate of drug-likeness (QED) is 0.279. The fraction of sp³-hybridized carbons (Fsp3) is 0.308. The number of anilines is 3. The van der Waals surface area contributed by atoms with E-state index in [-0.39, 0.29) is 5.69 Å². The maximum atomic E-state index is 13.4. The molecule has 3 aromatic rings. The zero-order chi connectivity index (χ0) is 25.3. The summed E-state index contributed by atoms with van der Waals surface area (Å²) in [7, 11) is 0. The van der Waals surface area contributed by atoms with Crippen molar-refractivity contribution < 1.29 is 18.1 Å². The van der Waals surface area contributed by atoms with Gasteiger partial charge in [0, 0.05) is 60.3 Å². The molecule has 0 radical (unpaired) electrons. The van der Waals surface area contributed by atoms with E-state index >= 15 is 0 Å². The van der Waals surface area contributed by atoms with Crippen molar-refractivity contribution in [3.8, 4) is 0 Å². The van der Waals surface area contributed by atoms with E-state index in [9.17, 15) is 23.3 Å². The van der Waals surface area contributed by atoms with Crippen LogP contribution in [0.4, 0.5) is 35.9 Å². The first kappa shape index (κ1) is 24.5. The molecule has 0 atom stereocenters. The number of para-hydroxylation sites is 1. The van der Waals surface area contributed by atoms with E-state index in [2.05, 4.69) is 9.80 Å². The van der Waals surface area contributed by atoms with E-state index in [1.165, 1.54) is 30.0 Å². The van der Waals surface area contributed by atoms with Crippen molar-refractivity contribution in [2.45, 2.75) is 22.4 Å². The monoisotopic (exact) mass is 514 g/mol. The lowest BCUT2D eigenvalue weighted by Crippen LogP contribution is -2.47. The zero-order valence-electron chi connectivity index (χ0n) is 19.4. The Bertz CT molecular complexity index is 1240. The number of rotatable bonds is 6. The van der Waals surface area contributed by atoms with E-state index < -0.39 is 16.7 Å². The van der Waals surface area contributed by atoms with Gasteiger partial charge in [-0.05, 0) is 55.4 Å². The van der Waals surface area contributed by atoms with Gasteiger partial charge in [-0.15, -0.1) is 0 Å². The van der Waals surface area contributed by atoms with Crippen LogP contribution in [0, 0.1) is 10.1 Å². The molecule has 0 spiro atoms. The molecule has 0 bridgehead atoms. The van der Waals surface area contributed by atoms with Crippen LogP contribution < -0.4 is 9.80 Å². The van der Waals surface area contributed by atoms with Gasteiger partial charge in [-0.1, -0.05) is 23.9 Å². The standard InChI is InChI=1S/C26H25F3N4O2S/c27-26(28,29)19-6-11-25-23(18-19)32(22-4-1-2-5-24(22)36-25)13-3-12-30-14-16-31(17-15-30)20-7-9-21(10-8-20)33(34)35/h1-2,4-11,18H,3,12-17H2.